The first kappa shape index (κ1) is 122. The summed E-state index contributed by atoms with van der Waals surface area (Å²) in [7, 11) is -60.1. The molecule has 13 unspecified atom stereocenters. The maximum atomic E-state index is 13.4. The predicted molar refractivity (Wildman–Crippen MR) is 417 cm³/mol. The molecule has 0 aromatic carbocycles. The van der Waals surface area contributed by atoms with Crippen molar-refractivity contribution >= 4 is 143 Å². The summed E-state index contributed by atoms with van der Waals surface area (Å²) in [4.78, 5) is 250. The molecule has 0 amide bonds. The molecule has 4 aliphatic heterocycles. The third kappa shape index (κ3) is 31.5. The van der Waals surface area contributed by atoms with Gasteiger partial charge in [0.2, 0.25) is 60.8 Å². The Balaban J connectivity index is 0.000000838. The predicted octanol–water partition coefficient (Wildman–Crippen LogP) is -0.931. The summed E-state index contributed by atoms with van der Waals surface area (Å²) in [6.07, 6.45) is -1.38. The smallest absolute Gasteiger partial charge is 0.368 e. The van der Waals surface area contributed by atoms with Gasteiger partial charge in [-0.3, -0.25) is 74.6 Å². The van der Waals surface area contributed by atoms with Crippen molar-refractivity contribution in [2.75, 3.05) is 26.4 Å². The van der Waals surface area contributed by atoms with Crippen LogP contribution in [0.5, 0.6) is 0 Å². The number of aromatic nitrogens is 8. The van der Waals surface area contributed by atoms with E-state index in [1.54, 1.807) is 0 Å². The molecule has 734 valence electrons. The van der Waals surface area contributed by atoms with Gasteiger partial charge in [-0.2, -0.15) is 35.1 Å². The van der Waals surface area contributed by atoms with Crippen LogP contribution in [0.15, 0.2) is 68.3 Å². The molecule has 8 N–H and O–H groups in total. The molecule has 0 spiro atoms. The van der Waals surface area contributed by atoms with Crippen molar-refractivity contribution in [2.45, 2.75) is 179 Å². The Labute approximate surface area is 727 Å². The van der Waals surface area contributed by atoms with Crippen molar-refractivity contribution in [3.8, 4) is 0 Å². The number of halogens is 8. The van der Waals surface area contributed by atoms with Crippen molar-refractivity contribution in [3.63, 3.8) is 0 Å². The van der Waals surface area contributed by atoms with Gasteiger partial charge < -0.3 is 159 Å². The molecule has 4 saturated heterocycles. The standard InChI is InChI=1S/C11H19BF2N2O11P3.C11H16F2N5O11P3S.C11H17F2N2O11P3S.C11H17F2N2O10P3S2.4CH4/c1-6-4-16(10(18)15-9(6)17)8-3-2-7(26-8)5-25-30(12,24)27-29(22,23)11(13,14)28(19,20)21;1-5-3-18(10(20)15-9(5)19)8-2-6(16-17-14)7(28-8)4-27-32(26,33)29-31(24,25)11(12,13)30(21,22)23;1-6-4-15(10(17)14-9(6)16)8-3-2-7(25-8)5-24-29(23,30)26-28(21,22)11(12,13)27(18,19)20;1-6-4-15(10(17)14-9(6)16)8-3-2-7(24-8)5-23-28(29,30)25-27(21,22)11(12,13)26(18,19)20;;;;/h4,7-8H,2-3,5H2,1,12H3,(H,22,23)(H,15,17,18)(H2,19,20,21);3,6-8H,2,4H2,1H3,(H,24,25)(H,26,33)(H,15,19,20)(H2,21,22,23);4,7-8H,2-3,5H2,1H3,(H,21,22)(H,23,30)(H,14,16,17)(H2,18,19,20);4,7-8H,2-3,5H2,1H3,(H,21,22)(H,29,30)(H,14,16,17)(H2,18,19,20);4*1H4/q-1;;;;;;;/p-11/t7-,8+,30?;6?,7-,8-,32?;7-,8+,29?;7-,8+;;;;/m0100..../s1. The van der Waals surface area contributed by atoms with Crippen LogP contribution in [0.4, 0.5) is 35.1 Å². The lowest BCUT2D eigenvalue weighted by atomic mass is 10.1. The van der Waals surface area contributed by atoms with Crippen LogP contribution in [-0.4, -0.2) is 144 Å². The van der Waals surface area contributed by atoms with Gasteiger partial charge >= 0.3 is 44.4 Å². The minimum atomic E-state index is -6.91. The first-order valence-electron chi connectivity index (χ1n) is 31.7. The monoisotopic (exact) mass is 2150 g/mol. The highest BCUT2D eigenvalue weighted by molar-refractivity contribution is 8.52. The molecular weight excluding hydrogens is 2080 g/mol. The van der Waals surface area contributed by atoms with E-state index in [0.29, 0.717) is 0 Å². The molecule has 0 saturated carbocycles. The summed E-state index contributed by atoms with van der Waals surface area (Å²) in [5.74, 6) is 0. The van der Waals surface area contributed by atoms with E-state index in [4.69, 9.17) is 53.1 Å². The van der Waals surface area contributed by atoms with Gasteiger partial charge in [-0.15, -0.1) is 0 Å². The Hall–Kier alpha value is -3.14. The second-order valence-electron chi connectivity index (χ2n) is 24.6. The molecule has 0 aliphatic carbocycles. The highest BCUT2D eigenvalue weighted by Crippen LogP contribution is 2.77. The lowest BCUT2D eigenvalue weighted by Gasteiger charge is -2.41. The number of H-pyrrole nitrogens is 4. The molecule has 127 heavy (non-hydrogen) atoms. The molecular formula is C48H74BF8N11O43P12S4-12. The third-order valence-corrected chi connectivity index (χ3v) is 38.7. The first-order chi connectivity index (χ1) is 55.3. The highest BCUT2D eigenvalue weighted by atomic mass is 32.9. The summed E-state index contributed by atoms with van der Waals surface area (Å²) in [6.45, 7) is -7.54. The molecule has 4 fully saturated rings. The number of hydrogen-bond acceptors (Lipinski definition) is 44. The lowest BCUT2D eigenvalue weighted by Crippen LogP contribution is -2.33. The summed E-state index contributed by atoms with van der Waals surface area (Å²) in [5, 5.41) is -19.6. The van der Waals surface area contributed by atoms with Gasteiger partial charge in [-0.1, -0.05) is 70.2 Å². The molecule has 54 nitrogen and oxygen atoms in total. The van der Waals surface area contributed by atoms with Crippen LogP contribution in [0.2, 0.25) is 0 Å². The fraction of sp³-hybridized carbons (Fsp3) is 0.667. The van der Waals surface area contributed by atoms with Crippen LogP contribution in [0.3, 0.4) is 0 Å². The number of aryl methyl sites for hydroxylation is 4. The zero-order valence-electron chi connectivity index (χ0n) is 60.1. The first-order valence-corrected chi connectivity index (χ1v) is 54.0. The van der Waals surface area contributed by atoms with Crippen LogP contribution in [0.1, 0.15) is 122 Å². The Morgan fingerprint density at radius 2 is 0.701 bits per heavy atom. The number of nitrogens with one attached hydrogen (secondary N) is 4. The maximum absolute atomic E-state index is 13.4. The second-order valence-corrected chi connectivity index (χ2v) is 51.7. The van der Waals surface area contributed by atoms with Crippen molar-refractivity contribution in [1.29, 1.82) is 0 Å². The number of rotatable bonds is 33. The Morgan fingerprint density at radius 1 is 0.449 bits per heavy atom. The molecule has 79 heteroatoms. The van der Waals surface area contributed by atoms with Crippen molar-refractivity contribution in [1.82, 2.24) is 38.2 Å². The molecule has 21 atom stereocenters. The fourth-order valence-corrected chi connectivity index (χ4v) is 27.2. The average molecular weight is 2160 g/mol. The number of ether oxygens (including phenoxy) is 4. The van der Waals surface area contributed by atoms with Crippen LogP contribution >= 0.6 is 87.4 Å². The normalized spacial score (nSPS) is 25.3. The van der Waals surface area contributed by atoms with E-state index in [1.807, 2.05) is 4.98 Å². The molecule has 4 aromatic rings. The maximum Gasteiger partial charge on any atom is 0.368 e. The van der Waals surface area contributed by atoms with E-state index < -0.39 is 243 Å². The summed E-state index contributed by atoms with van der Waals surface area (Å²) in [5.41, 5.74) is -0.372. The van der Waals surface area contributed by atoms with Gasteiger partial charge in [0.15, 0.2) is 7.47 Å². The van der Waals surface area contributed by atoms with Gasteiger partial charge in [0, 0.05) is 58.4 Å². The van der Waals surface area contributed by atoms with Crippen LogP contribution in [-0.2, 0) is 143 Å². The third-order valence-electron chi connectivity index (χ3n) is 15.6. The zero-order chi connectivity index (χ0) is 94.8. The average Bonchev–Trinajstić information content (AvgIpc) is 1.26. The minimum Gasteiger partial charge on any atom is -0.779 e. The van der Waals surface area contributed by atoms with Gasteiger partial charge in [-0.25, -0.2) is 19.2 Å². The van der Waals surface area contributed by atoms with Gasteiger partial charge in [0.1, 0.15) is 38.3 Å². The van der Waals surface area contributed by atoms with Gasteiger partial charge in [-0.05, 0) is 71.8 Å². The number of aromatic amines is 4. The zero-order valence-corrected chi connectivity index (χ0v) is 74.1. The number of hydrogen-bond donors (Lipinski definition) is 8. The minimum absolute atomic E-state index is 0. The number of nitrogens with zero attached hydrogens (tertiary/aromatic N) is 7. The van der Waals surface area contributed by atoms with Crippen molar-refractivity contribution < 1.29 is 199 Å². The molecule has 4 aliphatic rings. The molecule has 0 radical (unpaired) electrons. The van der Waals surface area contributed by atoms with Crippen LogP contribution < -0.4 is 93.9 Å². The summed E-state index contributed by atoms with van der Waals surface area (Å²) < 4.78 is 267. The Bertz CT molecular complexity index is 5430. The van der Waals surface area contributed by atoms with E-state index in [9.17, 15) is 163 Å². The van der Waals surface area contributed by atoms with Crippen molar-refractivity contribution in [3.05, 3.63) is 141 Å². The lowest BCUT2D eigenvalue weighted by molar-refractivity contribution is -0.241. The van der Waals surface area contributed by atoms with Crippen LogP contribution in [0.25, 0.3) is 10.4 Å². The van der Waals surface area contributed by atoms with Gasteiger partial charge in [0.25, 0.3) is 22.2 Å². The highest BCUT2D eigenvalue weighted by Gasteiger charge is 2.57. The summed E-state index contributed by atoms with van der Waals surface area (Å²) in [6, 6.07) is -1.13. The quantitative estimate of drug-likeness (QED) is 0.00543. The van der Waals surface area contributed by atoms with Gasteiger partial charge in [0.05, 0.1) is 70.1 Å². The fourth-order valence-electron chi connectivity index (χ4n) is 9.52. The SMILES string of the molecule is C.C.C.C.Cc1cn([C@H]2CC(N=[N+]=[N-])[C@@H](COP([O-])(=S)OP(=O)([O-])C(F)(F)P(=O)([O-])O)O2)c(=O)[nH]c1=O.Cc1cn([C@H]2CC[C@@H](COP(=S)([S-])OP(=O)([O-])C(F)(F)P(=O)([O-])O)O2)c(=O)[nH]c1=O.Cc1cn([C@H]2CC[C@@H](COP([O-])(=S)OP(=O)([O-])C(F)(F)P(=O)([O-])O)O2)c(=O)[nH]c1=O.[BH3-]P(=O)(OC[C@@H]1CC[C@H](n2cc(C)c(=O)[nH]c2=O)O1)OP(=O)([O-])C(F)(F)P(=O)([O-])O. The number of azide groups is 1. The van der Waals surface area contributed by atoms with Crippen LogP contribution in [0, 0.1) is 27.7 Å². The van der Waals surface area contributed by atoms with E-state index >= 15 is 0 Å². The molecule has 4 aromatic heterocycles. The molecule has 0 bridgehead atoms. The largest absolute Gasteiger partial charge is 0.779 e. The summed E-state index contributed by atoms with van der Waals surface area (Å²) >= 11 is 17.4. The van der Waals surface area contributed by atoms with E-state index in [2.05, 4.69) is 98.9 Å². The van der Waals surface area contributed by atoms with E-state index in [-0.39, 0.29) is 96.9 Å². The Kier molecular flexibility index (Phi) is 43.4. The second kappa shape index (κ2) is 45.2. The van der Waals surface area contributed by atoms with E-state index in [1.165, 1.54) is 46.3 Å². The Morgan fingerprint density at radius 3 is 0.984 bits per heavy atom. The van der Waals surface area contributed by atoms with Crippen molar-refractivity contribution in [2.24, 2.45) is 5.11 Å². The molecule has 8 rings (SSSR count). The van der Waals surface area contributed by atoms with E-state index in [0.717, 1.165) is 24.5 Å². The topological polar surface area (TPSA) is 844 Å². The number of alkyl halides is 8. The molecule has 8 heterocycles.